The summed E-state index contributed by atoms with van der Waals surface area (Å²) in [6.07, 6.45) is 8.38. The van der Waals surface area contributed by atoms with E-state index in [0.29, 0.717) is 5.88 Å². The van der Waals surface area contributed by atoms with Crippen molar-refractivity contribution < 1.29 is 0 Å². The second-order valence-corrected chi connectivity index (χ2v) is 4.88. The number of hydrogen-bond donors (Lipinski definition) is 0. The summed E-state index contributed by atoms with van der Waals surface area (Å²) >= 11 is 5.63. The summed E-state index contributed by atoms with van der Waals surface area (Å²) in [6, 6.07) is 0.830. The Morgan fingerprint density at radius 3 is 2.87 bits per heavy atom. The first kappa shape index (κ1) is 11.4. The van der Waals surface area contributed by atoms with Crippen LogP contribution in [0.5, 0.6) is 0 Å². The molecule has 0 amide bonds. The fourth-order valence-electron chi connectivity index (χ4n) is 2.74. The molecular formula is C12H21ClN2. The summed E-state index contributed by atoms with van der Waals surface area (Å²) in [7, 11) is 0. The fraction of sp³-hybridized carbons (Fsp3) is 0.833. The van der Waals surface area contributed by atoms with Gasteiger partial charge in [0.05, 0.1) is 0 Å². The minimum atomic E-state index is 0.642. The van der Waals surface area contributed by atoms with E-state index in [1.54, 1.807) is 0 Å². The third kappa shape index (κ3) is 3.20. The molecule has 0 aromatic rings. The van der Waals surface area contributed by atoms with E-state index in [2.05, 4.69) is 22.0 Å². The van der Waals surface area contributed by atoms with Gasteiger partial charge in [0.1, 0.15) is 0 Å². The molecule has 1 atom stereocenters. The van der Waals surface area contributed by atoms with Gasteiger partial charge in [-0.05, 0) is 38.9 Å². The van der Waals surface area contributed by atoms with Crippen LogP contribution < -0.4 is 0 Å². The zero-order valence-corrected chi connectivity index (χ0v) is 10.1. The van der Waals surface area contributed by atoms with Crippen molar-refractivity contribution in [2.75, 3.05) is 38.6 Å². The van der Waals surface area contributed by atoms with Gasteiger partial charge in [-0.3, -0.25) is 9.80 Å². The molecule has 2 aliphatic heterocycles. The quantitative estimate of drug-likeness (QED) is 0.538. The minimum Gasteiger partial charge on any atom is -0.299 e. The topological polar surface area (TPSA) is 6.48 Å². The van der Waals surface area contributed by atoms with Gasteiger partial charge in [-0.15, -0.1) is 11.6 Å². The second-order valence-electron chi connectivity index (χ2n) is 4.57. The van der Waals surface area contributed by atoms with Crippen molar-refractivity contribution >= 4 is 11.6 Å². The lowest BCUT2D eigenvalue weighted by molar-refractivity contribution is 0.231. The smallest absolute Gasteiger partial charge is 0.0404 e. The monoisotopic (exact) mass is 228 g/mol. The molecule has 0 aliphatic carbocycles. The molecule has 2 fully saturated rings. The number of fused-ring (bicyclic) bond motifs is 1. The third-order valence-electron chi connectivity index (χ3n) is 3.51. The van der Waals surface area contributed by atoms with Gasteiger partial charge >= 0.3 is 0 Å². The maximum absolute atomic E-state index is 5.63. The zero-order valence-electron chi connectivity index (χ0n) is 9.37. The summed E-state index contributed by atoms with van der Waals surface area (Å²) in [5, 5.41) is 0. The maximum Gasteiger partial charge on any atom is 0.0404 e. The lowest BCUT2D eigenvalue weighted by Crippen LogP contribution is -2.36. The molecule has 3 heteroatoms. The van der Waals surface area contributed by atoms with Gasteiger partial charge in [0.2, 0.25) is 0 Å². The first-order valence-electron chi connectivity index (χ1n) is 6.07. The van der Waals surface area contributed by atoms with Gasteiger partial charge < -0.3 is 0 Å². The first-order chi connectivity index (χ1) is 7.40. The Morgan fingerprint density at radius 2 is 2.00 bits per heavy atom. The molecule has 2 nitrogen and oxygen atoms in total. The molecule has 2 saturated heterocycles. The van der Waals surface area contributed by atoms with Crippen molar-refractivity contribution in [2.45, 2.75) is 25.3 Å². The summed E-state index contributed by atoms with van der Waals surface area (Å²) in [5.41, 5.74) is 0. The molecule has 2 rings (SSSR count). The second kappa shape index (κ2) is 5.88. The number of hydrogen-bond acceptors (Lipinski definition) is 2. The predicted molar refractivity (Wildman–Crippen MR) is 65.5 cm³/mol. The standard InChI is InChI=1S/C12H21ClN2/c13-6-1-2-7-14-8-4-10-15-9-3-5-12(15)11-14/h1-2,12H,3-11H2. The molecule has 1 unspecified atom stereocenters. The molecule has 0 bridgehead atoms. The Bertz CT molecular complexity index is 218. The van der Waals surface area contributed by atoms with E-state index in [4.69, 9.17) is 11.6 Å². The Kier molecular flexibility index (Phi) is 4.48. The summed E-state index contributed by atoms with van der Waals surface area (Å²) < 4.78 is 0. The van der Waals surface area contributed by atoms with Crippen LogP contribution in [0.1, 0.15) is 19.3 Å². The van der Waals surface area contributed by atoms with E-state index in [9.17, 15) is 0 Å². The van der Waals surface area contributed by atoms with Gasteiger partial charge in [-0.25, -0.2) is 0 Å². The van der Waals surface area contributed by atoms with Crippen LogP contribution in [0.15, 0.2) is 12.2 Å². The minimum absolute atomic E-state index is 0.642. The summed E-state index contributed by atoms with van der Waals surface area (Å²) in [6.45, 7) is 6.22. The van der Waals surface area contributed by atoms with Crippen LogP contribution in [-0.2, 0) is 0 Å². The van der Waals surface area contributed by atoms with Crippen LogP contribution in [0.3, 0.4) is 0 Å². The molecule has 0 radical (unpaired) electrons. The maximum atomic E-state index is 5.63. The molecular weight excluding hydrogens is 208 g/mol. The number of allylic oxidation sites excluding steroid dienone is 1. The van der Waals surface area contributed by atoms with Gasteiger partial charge in [0, 0.05) is 25.0 Å². The van der Waals surface area contributed by atoms with Crippen LogP contribution in [0.25, 0.3) is 0 Å². The van der Waals surface area contributed by atoms with E-state index in [1.165, 1.54) is 45.4 Å². The number of rotatable bonds is 3. The molecule has 15 heavy (non-hydrogen) atoms. The molecule has 2 heterocycles. The van der Waals surface area contributed by atoms with Gasteiger partial charge in [0.25, 0.3) is 0 Å². The molecule has 0 saturated carbocycles. The molecule has 0 spiro atoms. The van der Waals surface area contributed by atoms with Gasteiger partial charge in [-0.2, -0.15) is 0 Å². The Balaban J connectivity index is 1.82. The summed E-state index contributed by atoms with van der Waals surface area (Å²) in [5.74, 6) is 0.642. The van der Waals surface area contributed by atoms with E-state index < -0.39 is 0 Å². The normalized spacial score (nSPS) is 29.5. The van der Waals surface area contributed by atoms with Gasteiger partial charge in [0.15, 0.2) is 0 Å². The van der Waals surface area contributed by atoms with E-state index in [1.807, 2.05) is 0 Å². The fourth-order valence-corrected chi connectivity index (χ4v) is 2.86. The average Bonchev–Trinajstić information content (AvgIpc) is 2.58. The van der Waals surface area contributed by atoms with E-state index in [-0.39, 0.29) is 0 Å². The highest BCUT2D eigenvalue weighted by molar-refractivity contribution is 6.18. The molecule has 86 valence electrons. The Hall–Kier alpha value is -0.0500. The van der Waals surface area contributed by atoms with Crippen LogP contribution in [0.4, 0.5) is 0 Å². The third-order valence-corrected chi connectivity index (χ3v) is 3.69. The highest BCUT2D eigenvalue weighted by atomic mass is 35.5. The van der Waals surface area contributed by atoms with Crippen molar-refractivity contribution in [1.82, 2.24) is 9.80 Å². The largest absolute Gasteiger partial charge is 0.299 e. The number of halogens is 1. The van der Waals surface area contributed by atoms with Crippen molar-refractivity contribution in [3.8, 4) is 0 Å². The van der Waals surface area contributed by atoms with Crippen molar-refractivity contribution in [3.05, 3.63) is 12.2 Å². The number of alkyl halides is 1. The zero-order chi connectivity index (χ0) is 10.5. The van der Waals surface area contributed by atoms with Gasteiger partial charge in [-0.1, -0.05) is 12.2 Å². The first-order valence-corrected chi connectivity index (χ1v) is 6.61. The average molecular weight is 229 g/mol. The molecule has 0 aromatic carbocycles. The summed E-state index contributed by atoms with van der Waals surface area (Å²) in [4.78, 5) is 5.24. The lowest BCUT2D eigenvalue weighted by Gasteiger charge is -2.24. The highest BCUT2D eigenvalue weighted by Gasteiger charge is 2.27. The highest BCUT2D eigenvalue weighted by Crippen LogP contribution is 2.20. The SMILES string of the molecule is ClCC=CCN1CCCN2CCCC2C1. The molecule has 0 N–H and O–H groups in total. The van der Waals surface area contributed by atoms with Crippen molar-refractivity contribution in [3.63, 3.8) is 0 Å². The van der Waals surface area contributed by atoms with Crippen LogP contribution in [0.2, 0.25) is 0 Å². The van der Waals surface area contributed by atoms with E-state index >= 15 is 0 Å². The molecule has 2 aliphatic rings. The Morgan fingerprint density at radius 1 is 1.13 bits per heavy atom. The van der Waals surface area contributed by atoms with Crippen LogP contribution in [0, 0.1) is 0 Å². The van der Waals surface area contributed by atoms with Crippen LogP contribution >= 0.6 is 11.6 Å². The Labute approximate surface area is 97.9 Å². The lowest BCUT2D eigenvalue weighted by atomic mass is 10.2. The van der Waals surface area contributed by atoms with Crippen LogP contribution in [-0.4, -0.2) is 54.4 Å². The van der Waals surface area contributed by atoms with E-state index in [0.717, 1.165) is 12.6 Å². The number of nitrogens with zero attached hydrogens (tertiary/aromatic N) is 2. The van der Waals surface area contributed by atoms with Crippen molar-refractivity contribution in [1.29, 1.82) is 0 Å². The molecule has 0 aromatic heterocycles. The predicted octanol–water partition coefficient (Wildman–Crippen LogP) is 1.95. The van der Waals surface area contributed by atoms with Crippen molar-refractivity contribution in [2.24, 2.45) is 0 Å².